The minimum atomic E-state index is -9.17. The first kappa shape index (κ1) is 44.2. The maximum atomic E-state index is 13.9. The molecule has 1 atom stereocenters. The lowest BCUT2D eigenvalue weighted by atomic mass is 9.86. The van der Waals surface area contributed by atoms with E-state index < -0.39 is 83.5 Å². The van der Waals surface area contributed by atoms with Crippen LogP contribution in [0.1, 0.15) is 6.42 Å². The molecule has 0 aromatic carbocycles. The summed E-state index contributed by atoms with van der Waals surface area (Å²) in [5.41, 5.74) is 0. The number of hydrogen-bond donors (Lipinski definition) is 1. The zero-order chi connectivity index (χ0) is 34.6. The van der Waals surface area contributed by atoms with Gasteiger partial charge in [0.1, 0.15) is 12.6 Å². The fraction of sp³-hybridized carbons (Fsp3) is 1.00. The van der Waals surface area contributed by atoms with Gasteiger partial charge in [0.2, 0.25) is 0 Å². The summed E-state index contributed by atoms with van der Waals surface area (Å²) in [6.07, 6.45) is -12.1. The first-order chi connectivity index (χ1) is 17.9. The van der Waals surface area contributed by atoms with E-state index in [1.807, 2.05) is 0 Å². The molecule has 0 rings (SSSR count). The zero-order valence-electron chi connectivity index (χ0n) is 21.0. The van der Waals surface area contributed by atoms with Crippen molar-refractivity contribution in [1.82, 2.24) is 0 Å². The monoisotopic (exact) mass is 731 g/mol. The number of aliphatic hydroxyl groups excluding tert-OH is 1. The molecule has 0 aliphatic rings. The van der Waals surface area contributed by atoms with Crippen LogP contribution in [0.4, 0.5) is 92.2 Å². The number of halogens is 22. The number of hydrogen-bond acceptors (Lipinski definition) is 2. The molecule has 0 spiro atoms. The van der Waals surface area contributed by atoms with Crippen molar-refractivity contribution in [2.45, 2.75) is 72.0 Å². The summed E-state index contributed by atoms with van der Waals surface area (Å²) in [5.74, 6) is -78.9. The second-order valence-electron chi connectivity index (χ2n) is 9.75. The number of alkyl halides is 21. The van der Waals surface area contributed by atoms with Crippen molar-refractivity contribution in [3.63, 3.8) is 0 Å². The Morgan fingerprint density at radius 1 is 0.512 bits per heavy atom. The molecule has 0 radical (unpaired) electrons. The molecule has 0 aromatic rings. The van der Waals surface area contributed by atoms with E-state index >= 15 is 0 Å². The van der Waals surface area contributed by atoms with Crippen molar-refractivity contribution in [3.8, 4) is 0 Å². The minimum Gasteiger partial charge on any atom is -1.00 e. The van der Waals surface area contributed by atoms with Crippen LogP contribution in [0, 0.1) is 0 Å². The predicted octanol–water partition coefficient (Wildman–Crippen LogP) is 4.46. The lowest BCUT2D eigenvalue weighted by molar-refractivity contribution is -0.873. The second-order valence-corrected chi connectivity index (χ2v) is 10.9. The molecule has 262 valence electrons. The average Bonchev–Trinajstić information content (AvgIpc) is 2.73. The molecule has 0 aliphatic carbocycles. The summed E-state index contributed by atoms with van der Waals surface area (Å²) in [6.45, 7) is -0.133. The Bertz CT molecular complexity index is 930. The zero-order valence-corrected chi connectivity index (χ0v) is 22.6. The van der Waals surface area contributed by atoms with E-state index in [0.29, 0.717) is 0 Å². The second kappa shape index (κ2) is 12.4. The normalized spacial score (nSPS) is 16.7. The largest absolute Gasteiger partial charge is 1.00 e. The lowest BCUT2D eigenvalue weighted by Crippen LogP contribution is -3.00. The molecule has 0 saturated heterocycles. The molecule has 1 N–H and O–H groups in total. The van der Waals surface area contributed by atoms with Gasteiger partial charge < -0.3 is 22.0 Å². The molecule has 0 bridgehead atoms. The van der Waals surface area contributed by atoms with Gasteiger partial charge in [-0.2, -0.15) is 104 Å². The van der Waals surface area contributed by atoms with E-state index in [1.54, 1.807) is 0 Å². The Labute approximate surface area is 237 Å². The molecule has 0 heterocycles. The van der Waals surface area contributed by atoms with Gasteiger partial charge in [-0.05, 0) is 5.75 Å². The molecule has 1 unspecified atom stereocenters. The molecular formula is C18H19ClF21NOS. The third-order valence-electron chi connectivity index (χ3n) is 5.20. The van der Waals surface area contributed by atoms with Crippen LogP contribution in [-0.4, -0.2) is 114 Å². The fourth-order valence-corrected chi connectivity index (χ4v) is 3.80. The highest BCUT2D eigenvalue weighted by molar-refractivity contribution is 7.99. The quantitative estimate of drug-likeness (QED) is 0.153. The number of aliphatic hydroxyl groups is 1. The topological polar surface area (TPSA) is 20.2 Å². The third kappa shape index (κ3) is 7.25. The van der Waals surface area contributed by atoms with Crippen molar-refractivity contribution in [2.75, 3.05) is 39.2 Å². The Morgan fingerprint density at radius 2 is 0.791 bits per heavy atom. The Morgan fingerprint density at radius 3 is 1.07 bits per heavy atom. The van der Waals surface area contributed by atoms with Crippen LogP contribution in [0.2, 0.25) is 0 Å². The summed E-state index contributed by atoms with van der Waals surface area (Å²) < 4.78 is 280. The number of nitrogens with zero attached hydrogens (tertiary/aromatic N) is 1. The SMILES string of the molecule is C[N+](C)(C)CC(O)CSCCC(F)(F)C(F)(F)C(F)(F)C(F)(F)C(F)(F)C(F)(F)C(F)(F)C(F)(F)C(F)(F)C(F)(F)F.[Cl-]. The van der Waals surface area contributed by atoms with E-state index in [9.17, 15) is 97.3 Å². The number of thioether (sulfide) groups is 1. The molecule has 0 fully saturated rings. The first-order valence-corrected chi connectivity index (χ1v) is 11.5. The molecule has 0 saturated carbocycles. The Hall–Kier alpha value is -0.910. The van der Waals surface area contributed by atoms with E-state index in [1.165, 1.54) is 21.1 Å². The maximum absolute atomic E-state index is 13.9. The van der Waals surface area contributed by atoms with Gasteiger partial charge in [-0.3, -0.25) is 0 Å². The van der Waals surface area contributed by atoms with Crippen LogP contribution < -0.4 is 12.4 Å². The highest BCUT2D eigenvalue weighted by Crippen LogP contribution is 2.66. The standard InChI is InChI=1S/C18H19F21NOS.ClH/c1-40(2,3)6-8(41)7-42-5-4-9(19,20)10(21,22)11(23,24)12(25,26)13(27,28)14(29,30)15(31,32)16(33,34)17(35,36)18(37,38)39;/h8,41H,4-7H2,1-3H3;1H/q+1;/p-1. The number of quaternary nitrogens is 1. The van der Waals surface area contributed by atoms with Crippen molar-refractivity contribution in [1.29, 1.82) is 0 Å². The van der Waals surface area contributed by atoms with E-state index in [0.717, 1.165) is 0 Å². The van der Waals surface area contributed by atoms with Gasteiger partial charge in [0.25, 0.3) is 0 Å². The van der Waals surface area contributed by atoms with Crippen molar-refractivity contribution < 1.29 is 114 Å². The predicted molar refractivity (Wildman–Crippen MR) is 101 cm³/mol. The smallest absolute Gasteiger partial charge is 0.460 e. The summed E-state index contributed by atoms with van der Waals surface area (Å²) in [5, 5.41) is 9.62. The molecule has 25 heteroatoms. The van der Waals surface area contributed by atoms with Crippen LogP contribution in [0.15, 0.2) is 0 Å². The van der Waals surface area contributed by atoms with Gasteiger partial charge in [0.05, 0.1) is 21.1 Å². The van der Waals surface area contributed by atoms with Gasteiger partial charge in [-0.1, -0.05) is 0 Å². The Balaban J connectivity index is 0. The van der Waals surface area contributed by atoms with Crippen molar-refractivity contribution in [3.05, 3.63) is 0 Å². The highest BCUT2D eigenvalue weighted by atomic mass is 35.5. The van der Waals surface area contributed by atoms with Crippen molar-refractivity contribution in [2.24, 2.45) is 0 Å². The summed E-state index contributed by atoms with van der Waals surface area (Å²) in [7, 11) is 4.47. The van der Waals surface area contributed by atoms with Crippen LogP contribution >= 0.6 is 11.8 Å². The molecule has 2 nitrogen and oxygen atoms in total. The Kier molecular flexibility index (Phi) is 12.7. The van der Waals surface area contributed by atoms with Gasteiger partial charge in [-0.25, -0.2) is 0 Å². The molecule has 0 aromatic heterocycles. The van der Waals surface area contributed by atoms with Crippen LogP contribution in [0.25, 0.3) is 0 Å². The molecule has 0 amide bonds. The van der Waals surface area contributed by atoms with Gasteiger partial charge in [-0.15, -0.1) is 0 Å². The van der Waals surface area contributed by atoms with Gasteiger partial charge >= 0.3 is 59.5 Å². The molecule has 0 aliphatic heterocycles. The van der Waals surface area contributed by atoms with E-state index in [4.69, 9.17) is 0 Å². The number of rotatable bonds is 15. The lowest BCUT2D eigenvalue weighted by Gasteiger charge is -2.44. The first-order valence-electron chi connectivity index (χ1n) is 10.4. The van der Waals surface area contributed by atoms with Crippen LogP contribution in [-0.2, 0) is 0 Å². The third-order valence-corrected chi connectivity index (χ3v) is 6.32. The van der Waals surface area contributed by atoms with E-state index in [-0.39, 0.29) is 35.2 Å². The van der Waals surface area contributed by atoms with E-state index in [2.05, 4.69) is 0 Å². The maximum Gasteiger partial charge on any atom is 0.460 e. The fourth-order valence-electron chi connectivity index (χ4n) is 2.85. The molecular weight excluding hydrogens is 713 g/mol. The van der Waals surface area contributed by atoms with Crippen LogP contribution in [0.3, 0.4) is 0 Å². The van der Waals surface area contributed by atoms with Gasteiger partial charge in [0, 0.05) is 12.2 Å². The summed E-state index contributed by atoms with van der Waals surface area (Å²) in [6, 6.07) is 0. The summed E-state index contributed by atoms with van der Waals surface area (Å²) in [4.78, 5) is 0. The van der Waals surface area contributed by atoms with Crippen molar-refractivity contribution >= 4 is 11.8 Å². The molecule has 43 heavy (non-hydrogen) atoms. The minimum absolute atomic E-state index is 0. The average molecular weight is 732 g/mol. The van der Waals surface area contributed by atoms with Crippen LogP contribution in [0.5, 0.6) is 0 Å². The highest BCUT2D eigenvalue weighted by Gasteiger charge is 2.97. The summed E-state index contributed by atoms with van der Waals surface area (Å²) >= 11 is 0.0640. The number of likely N-dealkylation sites (N-methyl/N-ethyl adjacent to an activating group) is 1. The van der Waals surface area contributed by atoms with Gasteiger partial charge in [0.15, 0.2) is 0 Å².